The van der Waals surface area contributed by atoms with Crippen LogP contribution in [0.25, 0.3) is 0 Å². The highest BCUT2D eigenvalue weighted by molar-refractivity contribution is 6.33. The third-order valence-electron chi connectivity index (χ3n) is 4.21. The molecule has 6 nitrogen and oxygen atoms in total. The average molecular weight is 376 g/mol. The molecule has 2 aromatic rings. The first-order chi connectivity index (χ1) is 11.8. The van der Waals surface area contributed by atoms with Crippen LogP contribution < -0.4 is 4.90 Å². The summed E-state index contributed by atoms with van der Waals surface area (Å²) in [5, 5.41) is 3.80. The number of halogens is 4. The molecule has 0 aliphatic carbocycles. The number of nitrogens with zero attached hydrogens (tertiary/aromatic N) is 5. The van der Waals surface area contributed by atoms with E-state index in [1.807, 2.05) is 11.8 Å². The van der Waals surface area contributed by atoms with Gasteiger partial charge in [0.25, 0.3) is 0 Å². The third kappa shape index (κ3) is 3.87. The molecule has 0 radical (unpaired) electrons. The molecule has 3 heterocycles. The van der Waals surface area contributed by atoms with E-state index < -0.39 is 11.7 Å². The van der Waals surface area contributed by atoms with Crippen LogP contribution in [0.15, 0.2) is 16.8 Å². The summed E-state index contributed by atoms with van der Waals surface area (Å²) < 4.78 is 43.3. The van der Waals surface area contributed by atoms with Gasteiger partial charge in [0, 0.05) is 32.4 Å². The van der Waals surface area contributed by atoms with Crippen LogP contribution in [0.4, 0.5) is 19.0 Å². The molecule has 1 aliphatic rings. The average Bonchev–Trinajstić information content (AvgIpc) is 3.00. The maximum absolute atomic E-state index is 12.7. The van der Waals surface area contributed by atoms with Gasteiger partial charge in [-0.2, -0.15) is 18.2 Å². The molecular weight excluding hydrogens is 359 g/mol. The Labute approximate surface area is 147 Å². The van der Waals surface area contributed by atoms with Crippen LogP contribution in [0.3, 0.4) is 0 Å². The number of piperazine rings is 1. The summed E-state index contributed by atoms with van der Waals surface area (Å²) >= 11 is 6.02. The number of hydrogen-bond donors (Lipinski definition) is 0. The van der Waals surface area contributed by atoms with Crippen molar-refractivity contribution in [2.75, 3.05) is 31.1 Å². The van der Waals surface area contributed by atoms with Gasteiger partial charge in [-0.15, -0.1) is 0 Å². The maximum Gasteiger partial charge on any atom is 0.417 e. The van der Waals surface area contributed by atoms with Gasteiger partial charge >= 0.3 is 6.18 Å². The Morgan fingerprint density at radius 3 is 2.44 bits per heavy atom. The van der Waals surface area contributed by atoms with Crippen molar-refractivity contribution in [2.45, 2.75) is 26.1 Å². The zero-order chi connectivity index (χ0) is 18.2. The predicted molar refractivity (Wildman–Crippen MR) is 85.5 cm³/mol. The van der Waals surface area contributed by atoms with Crippen LogP contribution in [-0.4, -0.2) is 46.2 Å². The zero-order valence-electron chi connectivity index (χ0n) is 13.7. The Kier molecular flexibility index (Phi) is 4.88. The molecule has 136 valence electrons. The molecule has 0 aromatic carbocycles. The molecule has 1 fully saturated rings. The lowest BCUT2D eigenvalue weighted by molar-refractivity contribution is -0.137. The second-order valence-electron chi connectivity index (χ2n) is 5.91. The molecule has 0 saturated carbocycles. The number of pyridine rings is 1. The van der Waals surface area contributed by atoms with Crippen molar-refractivity contribution in [3.8, 4) is 0 Å². The molecule has 2 aromatic heterocycles. The van der Waals surface area contributed by atoms with Crippen molar-refractivity contribution in [1.82, 2.24) is 20.0 Å². The molecule has 0 spiro atoms. The van der Waals surface area contributed by atoms with Gasteiger partial charge in [-0.05, 0) is 19.9 Å². The quantitative estimate of drug-likeness (QED) is 0.820. The smallest absolute Gasteiger partial charge is 0.353 e. The van der Waals surface area contributed by atoms with Crippen molar-refractivity contribution in [3.63, 3.8) is 0 Å². The van der Waals surface area contributed by atoms with Crippen LogP contribution in [0.5, 0.6) is 0 Å². The Balaban J connectivity index is 1.66. The van der Waals surface area contributed by atoms with Crippen LogP contribution in [-0.2, 0) is 6.18 Å². The Morgan fingerprint density at radius 2 is 1.92 bits per heavy atom. The second-order valence-corrected chi connectivity index (χ2v) is 6.31. The normalized spacial score (nSPS) is 17.8. The van der Waals surface area contributed by atoms with Crippen LogP contribution >= 0.6 is 11.6 Å². The van der Waals surface area contributed by atoms with E-state index in [1.165, 1.54) is 0 Å². The fraction of sp³-hybridized carbons (Fsp3) is 0.533. The van der Waals surface area contributed by atoms with Gasteiger partial charge in [0.05, 0.1) is 16.6 Å². The lowest BCUT2D eigenvalue weighted by Crippen LogP contribution is -2.47. The number of hydrogen-bond acceptors (Lipinski definition) is 6. The van der Waals surface area contributed by atoms with E-state index in [1.54, 1.807) is 6.92 Å². The first-order valence-corrected chi connectivity index (χ1v) is 8.15. The van der Waals surface area contributed by atoms with E-state index in [0.717, 1.165) is 12.3 Å². The molecular formula is C15H17ClF3N5O. The van der Waals surface area contributed by atoms with E-state index >= 15 is 0 Å². The van der Waals surface area contributed by atoms with Crippen molar-refractivity contribution < 1.29 is 17.7 Å². The minimum Gasteiger partial charge on any atom is -0.353 e. The monoisotopic (exact) mass is 375 g/mol. The van der Waals surface area contributed by atoms with Crippen molar-refractivity contribution in [3.05, 3.63) is 34.6 Å². The van der Waals surface area contributed by atoms with Crippen molar-refractivity contribution >= 4 is 17.4 Å². The predicted octanol–water partition coefficient (Wildman–Crippen LogP) is 3.33. The molecule has 25 heavy (non-hydrogen) atoms. The van der Waals surface area contributed by atoms with Crippen LogP contribution in [0, 0.1) is 6.92 Å². The maximum atomic E-state index is 12.7. The fourth-order valence-electron chi connectivity index (χ4n) is 2.78. The molecule has 1 aliphatic heterocycles. The third-order valence-corrected chi connectivity index (χ3v) is 4.49. The van der Waals surface area contributed by atoms with E-state index in [0.29, 0.717) is 43.7 Å². The zero-order valence-corrected chi connectivity index (χ0v) is 14.5. The van der Waals surface area contributed by atoms with Gasteiger partial charge in [0.1, 0.15) is 5.82 Å². The number of aryl methyl sites for hydroxylation is 1. The largest absolute Gasteiger partial charge is 0.417 e. The summed E-state index contributed by atoms with van der Waals surface area (Å²) in [5.74, 6) is 1.51. The Morgan fingerprint density at radius 1 is 1.24 bits per heavy atom. The summed E-state index contributed by atoms with van der Waals surface area (Å²) in [5.41, 5.74) is -0.847. The summed E-state index contributed by atoms with van der Waals surface area (Å²) in [6, 6.07) is 0.888. The van der Waals surface area contributed by atoms with Gasteiger partial charge < -0.3 is 9.42 Å². The highest BCUT2D eigenvalue weighted by Gasteiger charge is 2.32. The van der Waals surface area contributed by atoms with Gasteiger partial charge in [0.2, 0.25) is 5.89 Å². The first kappa shape index (κ1) is 17.9. The standard InChI is InChI=1S/C15H17ClF3N5O/c1-9(14-21-10(2)22-25-14)23-3-5-24(6-4-23)13-12(16)7-11(8-20-13)15(17,18)19/h7-9H,3-6H2,1-2H3. The molecule has 1 unspecified atom stereocenters. The van der Waals surface area contributed by atoms with Gasteiger partial charge in [-0.3, -0.25) is 4.90 Å². The topological polar surface area (TPSA) is 58.3 Å². The van der Waals surface area contributed by atoms with E-state index in [9.17, 15) is 13.2 Å². The lowest BCUT2D eigenvalue weighted by atomic mass is 10.2. The van der Waals surface area contributed by atoms with E-state index in [4.69, 9.17) is 16.1 Å². The Bertz CT molecular complexity index is 743. The molecule has 0 bridgehead atoms. The molecule has 10 heteroatoms. The summed E-state index contributed by atoms with van der Waals surface area (Å²) in [6.07, 6.45) is -3.64. The molecule has 1 saturated heterocycles. The Hall–Kier alpha value is -1.87. The minimum atomic E-state index is -4.45. The molecule has 1 atom stereocenters. The van der Waals surface area contributed by atoms with E-state index in [-0.39, 0.29) is 11.1 Å². The molecule has 0 amide bonds. The number of anilines is 1. The minimum absolute atomic E-state index is 0.00356. The second kappa shape index (κ2) is 6.80. The van der Waals surface area contributed by atoms with Crippen molar-refractivity contribution in [1.29, 1.82) is 0 Å². The van der Waals surface area contributed by atoms with Gasteiger partial charge in [-0.25, -0.2) is 4.98 Å². The van der Waals surface area contributed by atoms with Gasteiger partial charge in [0.15, 0.2) is 5.82 Å². The number of rotatable bonds is 3. The molecule has 0 N–H and O–H groups in total. The van der Waals surface area contributed by atoms with Gasteiger partial charge in [-0.1, -0.05) is 16.8 Å². The number of alkyl halides is 3. The summed E-state index contributed by atoms with van der Waals surface area (Å²) in [6.45, 7) is 6.29. The van der Waals surface area contributed by atoms with Crippen LogP contribution in [0.1, 0.15) is 30.2 Å². The fourth-order valence-corrected chi connectivity index (χ4v) is 3.06. The summed E-state index contributed by atoms with van der Waals surface area (Å²) in [7, 11) is 0. The number of aromatic nitrogens is 3. The SMILES string of the molecule is Cc1noc(C(C)N2CCN(c3ncc(C(F)(F)F)cc3Cl)CC2)n1. The first-order valence-electron chi connectivity index (χ1n) is 7.77. The van der Waals surface area contributed by atoms with E-state index in [2.05, 4.69) is 20.0 Å². The van der Waals surface area contributed by atoms with Crippen molar-refractivity contribution in [2.24, 2.45) is 0 Å². The highest BCUT2D eigenvalue weighted by Crippen LogP contribution is 2.34. The van der Waals surface area contributed by atoms with Crippen LogP contribution in [0.2, 0.25) is 5.02 Å². The summed E-state index contributed by atoms with van der Waals surface area (Å²) in [4.78, 5) is 12.2. The highest BCUT2D eigenvalue weighted by atomic mass is 35.5. The molecule has 3 rings (SSSR count). The lowest BCUT2D eigenvalue weighted by Gasteiger charge is -2.37.